The number of aliphatic hydroxyl groups is 10. The molecule has 14 N–H and O–H groups in total. The van der Waals surface area contributed by atoms with E-state index in [1.807, 2.05) is 31.4 Å². The maximum atomic E-state index is 14.1. The number of hydrogen-bond donors (Lipinski definition) is 13. The number of alkyl halides is 6. The van der Waals surface area contributed by atoms with Gasteiger partial charge in [0.1, 0.15) is 54.2 Å². The van der Waals surface area contributed by atoms with E-state index in [0.717, 1.165) is 16.9 Å². The van der Waals surface area contributed by atoms with E-state index in [-0.39, 0.29) is 30.6 Å². The lowest BCUT2D eigenvalue weighted by atomic mass is 9.97. The van der Waals surface area contributed by atoms with Crippen LogP contribution in [-0.4, -0.2) is 216 Å². The molecule has 410 valence electrons. The molecule has 9 atom stereocenters. The third-order valence-electron chi connectivity index (χ3n) is 11.8. The highest BCUT2D eigenvalue weighted by Gasteiger charge is 2.40. The Hall–Kier alpha value is -5.87. The fourth-order valence-corrected chi connectivity index (χ4v) is 7.93. The number of H-pyrrole nitrogens is 1. The molecule has 5 rings (SSSR count). The number of halogens is 6. The highest BCUT2D eigenvalue weighted by molar-refractivity contribution is 5.97. The summed E-state index contributed by atoms with van der Waals surface area (Å²) < 4.78 is 67.4. The minimum Gasteiger partial charge on any atom is -0.542 e. The summed E-state index contributed by atoms with van der Waals surface area (Å²) >= 11 is 0. The maximum absolute atomic E-state index is 14.1. The first-order valence-electron chi connectivity index (χ1n) is 22.2. The summed E-state index contributed by atoms with van der Waals surface area (Å²) in [6, 6.07) is 6.11. The van der Waals surface area contributed by atoms with Crippen LogP contribution in [0, 0.1) is 0 Å². The average Bonchev–Trinajstić information content (AvgIpc) is 3.95. The first kappa shape index (κ1) is 61.4. The van der Waals surface area contributed by atoms with Crippen molar-refractivity contribution in [2.24, 2.45) is 0 Å². The number of aliphatic hydroxyl groups excluding tert-OH is 10. The van der Waals surface area contributed by atoms with E-state index in [2.05, 4.69) is 19.5 Å². The number of aryl methyl sites for hydroxylation is 2. The average molecular weight is 1060 g/mol. The van der Waals surface area contributed by atoms with Gasteiger partial charge in [0.05, 0.1) is 38.5 Å². The van der Waals surface area contributed by atoms with Crippen LogP contribution >= 0.6 is 0 Å². The molecule has 3 aromatic heterocycles. The molecule has 0 radical (unpaired) electrons. The molecule has 25 nitrogen and oxygen atoms in total. The summed E-state index contributed by atoms with van der Waals surface area (Å²) in [6.07, 6.45) is -21.9. The van der Waals surface area contributed by atoms with Gasteiger partial charge < -0.3 is 81.7 Å². The number of anilines is 2. The van der Waals surface area contributed by atoms with Crippen LogP contribution in [-0.2, 0) is 27.5 Å². The Kier molecular flexibility index (Phi) is 22.2. The predicted octanol–water partition coefficient (Wildman–Crippen LogP) is -3.74. The summed E-state index contributed by atoms with van der Waals surface area (Å²) in [5.41, 5.74) is 9.32. The molecule has 1 aliphatic rings. The standard InChI is InChI=1S/C38H58N9O12.2C2HF3O2/c1-4-45-24-7-6-21(14-25(24)46(5-2)37(45)20(3)47(19-50)36-34(39)42-35-23(41-36)8-11-40-35)38(59)43-12-9-22(10-13-43)44(15-26(51)30(55)32(57)28(53)17-48)16-27(52)31(56)33(58)29(54)18-49;2*3-2(4,5)1(6)7/h6-8,11,14,19-20,22,26-33,48-49,51-58H,4-5,9-10,12-13,15-18H2,1-3H3,(H3,39,40,42);2*(H,6,7)/q+1;;/p-1/t20?,26-,27-,28+,29+,30+,31+,32+,33+;;/m0../s1. The number of nitrogens with one attached hydrogen (secondary N) is 1. The van der Waals surface area contributed by atoms with Gasteiger partial charge in [-0.1, -0.05) is 0 Å². The Balaban J connectivity index is 0.000000878. The molecule has 73 heavy (non-hydrogen) atoms. The van der Waals surface area contributed by atoms with Crippen molar-refractivity contribution in [1.82, 2.24) is 29.3 Å². The number of carbonyl (C=O) groups is 4. The lowest BCUT2D eigenvalue weighted by Crippen LogP contribution is -2.56. The molecule has 0 bridgehead atoms. The number of imidazole rings is 1. The number of aromatic amines is 1. The fourth-order valence-electron chi connectivity index (χ4n) is 7.93. The molecule has 1 aliphatic heterocycles. The Morgan fingerprint density at radius 1 is 0.863 bits per heavy atom. The Morgan fingerprint density at radius 2 is 1.36 bits per heavy atom. The second-order valence-corrected chi connectivity index (χ2v) is 16.5. The zero-order chi connectivity index (χ0) is 55.4. The summed E-state index contributed by atoms with van der Waals surface area (Å²) in [7, 11) is 0. The molecule has 0 aliphatic carbocycles. The number of nitrogens with zero attached hydrogens (tertiary/aromatic N) is 7. The number of hydrogen-bond acceptors (Lipinski definition) is 19. The van der Waals surface area contributed by atoms with E-state index in [4.69, 9.17) is 25.5 Å². The van der Waals surface area contributed by atoms with Gasteiger partial charge in [-0.25, -0.2) is 23.9 Å². The van der Waals surface area contributed by atoms with Gasteiger partial charge in [-0.15, -0.1) is 0 Å². The maximum Gasteiger partial charge on any atom is 0.490 e. The quantitative estimate of drug-likeness (QED) is 0.0230. The summed E-state index contributed by atoms with van der Waals surface area (Å²) in [4.78, 5) is 60.9. The number of piperidine rings is 1. The number of likely N-dealkylation sites (tertiary alicyclic amines) is 1. The summed E-state index contributed by atoms with van der Waals surface area (Å²) in [6.45, 7) is 4.73. The van der Waals surface area contributed by atoms with Gasteiger partial charge in [-0.3, -0.25) is 19.4 Å². The van der Waals surface area contributed by atoms with Gasteiger partial charge in [0.2, 0.25) is 6.41 Å². The van der Waals surface area contributed by atoms with Crippen LogP contribution in [0.4, 0.5) is 38.0 Å². The van der Waals surface area contributed by atoms with E-state index in [0.29, 0.717) is 49.1 Å². The van der Waals surface area contributed by atoms with Gasteiger partial charge in [0, 0.05) is 50.0 Å². The molecule has 0 saturated carbocycles. The van der Waals surface area contributed by atoms with Gasteiger partial charge in [0.15, 0.2) is 28.3 Å². The number of benzene rings is 1. The summed E-state index contributed by atoms with van der Waals surface area (Å²) in [5, 5.41) is 117. The number of aromatic nitrogens is 5. The van der Waals surface area contributed by atoms with Crippen molar-refractivity contribution in [2.75, 3.05) is 50.0 Å². The van der Waals surface area contributed by atoms with E-state index in [9.17, 15) is 87.0 Å². The zero-order valence-corrected chi connectivity index (χ0v) is 39.2. The third kappa shape index (κ3) is 15.3. The van der Waals surface area contributed by atoms with Crippen molar-refractivity contribution in [3.63, 3.8) is 0 Å². The van der Waals surface area contributed by atoms with Crippen molar-refractivity contribution in [3.8, 4) is 0 Å². The number of carboxylic acid groups (broad SMARTS) is 2. The van der Waals surface area contributed by atoms with Crippen LogP contribution in [0.1, 0.15) is 55.8 Å². The largest absolute Gasteiger partial charge is 0.542 e. The van der Waals surface area contributed by atoms with Crippen LogP contribution in [0.5, 0.6) is 0 Å². The molecule has 1 fully saturated rings. The minimum atomic E-state index is -5.19. The highest BCUT2D eigenvalue weighted by atomic mass is 19.4. The number of nitrogens with two attached hydrogens (primary N) is 1. The number of carboxylic acids is 2. The Labute approximate surface area is 410 Å². The molecule has 31 heteroatoms. The predicted molar refractivity (Wildman–Crippen MR) is 236 cm³/mol. The molecule has 1 unspecified atom stereocenters. The lowest BCUT2D eigenvalue weighted by molar-refractivity contribution is -0.677. The van der Waals surface area contributed by atoms with E-state index in [1.165, 1.54) is 9.80 Å². The summed E-state index contributed by atoms with van der Waals surface area (Å²) in [5.74, 6) is -4.96. The van der Waals surface area contributed by atoms with Gasteiger partial charge >= 0.3 is 18.3 Å². The number of aliphatic carboxylic acids is 2. The molecule has 2 amide bonds. The monoisotopic (exact) mass is 1060 g/mol. The van der Waals surface area contributed by atoms with Crippen LogP contribution in [0.2, 0.25) is 0 Å². The van der Waals surface area contributed by atoms with E-state index >= 15 is 0 Å². The number of fused-ring (bicyclic) bond motifs is 2. The molecular formula is C42H59F6N9O16. The minimum absolute atomic E-state index is 0.0804. The molecule has 0 spiro atoms. The zero-order valence-electron chi connectivity index (χ0n) is 39.2. The highest BCUT2D eigenvalue weighted by Crippen LogP contribution is 2.31. The van der Waals surface area contributed by atoms with Crippen LogP contribution in [0.25, 0.3) is 22.2 Å². The molecule has 4 heterocycles. The van der Waals surface area contributed by atoms with Crippen molar-refractivity contribution in [3.05, 3.63) is 41.9 Å². The molecular weight excluding hydrogens is 1000 g/mol. The number of nitrogen functional groups attached to an aromatic ring is 1. The van der Waals surface area contributed by atoms with Crippen molar-refractivity contribution in [2.45, 2.75) is 120 Å². The smallest absolute Gasteiger partial charge is 0.490 e. The van der Waals surface area contributed by atoms with Crippen molar-refractivity contribution < 1.29 is 111 Å². The van der Waals surface area contributed by atoms with Gasteiger partial charge in [0.25, 0.3) is 11.7 Å². The third-order valence-corrected chi connectivity index (χ3v) is 11.8. The Morgan fingerprint density at radius 3 is 1.78 bits per heavy atom. The van der Waals surface area contributed by atoms with Crippen LogP contribution < -0.4 is 20.3 Å². The number of carbonyl (C=O) groups excluding carboxylic acids is 3. The van der Waals surface area contributed by atoms with Crippen LogP contribution in [0.15, 0.2) is 30.5 Å². The van der Waals surface area contributed by atoms with Crippen molar-refractivity contribution in [1.29, 1.82) is 0 Å². The molecule has 4 aromatic rings. The molecule has 1 saturated heterocycles. The number of rotatable bonds is 20. The topological polar surface area (TPSA) is 400 Å². The Bertz CT molecular complexity index is 2400. The normalized spacial score (nSPS) is 17.3. The SMILES string of the molecule is CCn1c(C(C)N(C=O)c2nc3cc[nH]c3nc2N)[n+](CC)c2ccc(C(=O)N3CCC(N(C[C@H](O)[C@@H](O)[C@H](O)[C@H](O)CO)C[C@H](O)[C@@H](O)[C@H](O)[C@H](O)CO)CC3)cc21.O=C(O)C(F)(F)F.O=C([O-])C(F)(F)F. The van der Waals surface area contributed by atoms with Gasteiger partial charge in [-0.2, -0.15) is 26.3 Å². The van der Waals surface area contributed by atoms with Gasteiger partial charge in [-0.05, 0) is 51.8 Å². The fraction of sp³-hybridized carbons (Fsp3) is 0.595. The first-order valence-corrected chi connectivity index (χ1v) is 22.2. The lowest BCUT2D eigenvalue weighted by Gasteiger charge is -2.41. The van der Waals surface area contributed by atoms with Crippen molar-refractivity contribution >= 4 is 58.1 Å². The second kappa shape index (κ2) is 26.4. The number of amides is 2. The second-order valence-electron chi connectivity index (χ2n) is 16.5. The first-order chi connectivity index (χ1) is 34.0. The van der Waals surface area contributed by atoms with E-state index < -0.39 is 112 Å². The van der Waals surface area contributed by atoms with Crippen LogP contribution in [0.3, 0.4) is 0 Å². The molecule has 1 aromatic carbocycles. The van der Waals surface area contributed by atoms with E-state index in [1.54, 1.807) is 29.3 Å².